The molecule has 7 nitrogen and oxygen atoms in total. The Hall–Kier alpha value is -3.87. The topological polar surface area (TPSA) is 66.7 Å². The lowest BCUT2D eigenvalue weighted by molar-refractivity contribution is -0.726. The minimum Gasteiger partial charge on any atom is -0.373 e. The number of fused-ring (bicyclic) bond motifs is 1. The predicted octanol–water partition coefficient (Wildman–Crippen LogP) is 1.96. The summed E-state index contributed by atoms with van der Waals surface area (Å²) in [7, 11) is 0. The number of aromatic nitrogens is 2. The molecule has 2 aromatic heterocycles. The lowest BCUT2D eigenvalue weighted by Crippen LogP contribution is -2.38. The second-order valence-corrected chi connectivity index (χ2v) is 6.91. The highest BCUT2D eigenvalue weighted by Gasteiger charge is 2.35. The van der Waals surface area contributed by atoms with Crippen LogP contribution >= 0.6 is 0 Å². The summed E-state index contributed by atoms with van der Waals surface area (Å²) < 4.78 is 4.27. The molecular formula is C23H22N4O3+2. The van der Waals surface area contributed by atoms with E-state index in [1.165, 1.54) is 0 Å². The molecular weight excluding hydrogens is 380 g/mol. The van der Waals surface area contributed by atoms with Gasteiger partial charge in [-0.05, 0) is 12.1 Å². The van der Waals surface area contributed by atoms with Crippen LogP contribution in [-0.2, 0) is 17.9 Å². The molecule has 0 spiro atoms. The molecule has 0 saturated carbocycles. The maximum atomic E-state index is 12.3. The molecule has 0 fully saturated rings. The van der Waals surface area contributed by atoms with Crippen molar-refractivity contribution in [2.75, 3.05) is 6.73 Å². The van der Waals surface area contributed by atoms with E-state index in [9.17, 15) is 9.59 Å². The standard InChI is InChI=1S/C23H22N4O3/c28-22-20-7-2-3-8-21(20)23(29)27(22)18-30-24-17-19-9-15-26(16-10-19)14-6-13-25-11-4-1-5-12-25/h1-5,7-12,15-17H,6,13-14,18H2/q+2. The van der Waals surface area contributed by atoms with Gasteiger partial charge in [-0.25, -0.2) is 14.0 Å². The number of oxime groups is 1. The molecule has 0 bridgehead atoms. The van der Waals surface area contributed by atoms with Crippen LogP contribution in [0.4, 0.5) is 0 Å². The van der Waals surface area contributed by atoms with Gasteiger partial charge in [0, 0.05) is 29.8 Å². The fraction of sp³-hybridized carbons (Fsp3) is 0.174. The third kappa shape index (κ3) is 4.41. The highest BCUT2D eigenvalue weighted by atomic mass is 16.6. The molecule has 30 heavy (non-hydrogen) atoms. The Kier molecular flexibility index (Phi) is 5.89. The van der Waals surface area contributed by atoms with Crippen LogP contribution in [0.2, 0.25) is 0 Å². The number of benzene rings is 1. The quantitative estimate of drug-likeness (QED) is 0.250. The third-order valence-corrected chi connectivity index (χ3v) is 4.87. The third-order valence-electron chi connectivity index (χ3n) is 4.87. The molecule has 3 heterocycles. The van der Waals surface area contributed by atoms with Crippen molar-refractivity contribution in [3.63, 3.8) is 0 Å². The van der Waals surface area contributed by atoms with E-state index in [4.69, 9.17) is 4.84 Å². The van der Waals surface area contributed by atoms with E-state index in [0.29, 0.717) is 11.1 Å². The normalized spacial score (nSPS) is 13.1. The van der Waals surface area contributed by atoms with Gasteiger partial charge in [0.15, 0.2) is 44.6 Å². The highest BCUT2D eigenvalue weighted by molar-refractivity contribution is 6.21. The summed E-state index contributed by atoms with van der Waals surface area (Å²) in [5.74, 6) is -0.722. The van der Waals surface area contributed by atoms with E-state index < -0.39 is 0 Å². The summed E-state index contributed by atoms with van der Waals surface area (Å²) in [5.41, 5.74) is 1.66. The van der Waals surface area contributed by atoms with E-state index >= 15 is 0 Å². The summed E-state index contributed by atoms with van der Waals surface area (Å²) in [5, 5.41) is 3.88. The van der Waals surface area contributed by atoms with Crippen LogP contribution in [0.3, 0.4) is 0 Å². The second kappa shape index (κ2) is 9.09. The molecule has 0 aliphatic carbocycles. The zero-order valence-electron chi connectivity index (χ0n) is 16.4. The Morgan fingerprint density at radius 2 is 1.40 bits per heavy atom. The Morgan fingerprint density at radius 3 is 2.03 bits per heavy atom. The highest BCUT2D eigenvalue weighted by Crippen LogP contribution is 2.21. The van der Waals surface area contributed by atoms with Crippen molar-refractivity contribution < 1.29 is 23.6 Å². The number of carbonyl (C=O) groups is 2. The van der Waals surface area contributed by atoms with Crippen LogP contribution in [0.15, 0.2) is 84.5 Å². The lowest BCUT2D eigenvalue weighted by Gasteiger charge is -2.11. The molecule has 150 valence electrons. The number of pyridine rings is 2. The molecule has 2 amide bonds. The molecule has 1 aromatic carbocycles. The minimum atomic E-state index is -0.361. The SMILES string of the molecule is O=C1c2ccccc2C(=O)N1CON=Cc1cc[n+](CCC[n+]2ccccc2)cc1. The summed E-state index contributed by atoms with van der Waals surface area (Å²) in [4.78, 5) is 30.7. The number of nitrogens with zero attached hydrogens (tertiary/aromatic N) is 4. The van der Waals surface area contributed by atoms with E-state index in [1.54, 1.807) is 30.5 Å². The first kappa shape index (κ1) is 19.4. The molecule has 4 rings (SSSR count). The average molecular weight is 402 g/mol. The smallest absolute Gasteiger partial charge is 0.264 e. The van der Waals surface area contributed by atoms with Gasteiger partial charge in [0.1, 0.15) is 0 Å². The van der Waals surface area contributed by atoms with Gasteiger partial charge >= 0.3 is 0 Å². The number of imide groups is 1. The van der Waals surface area contributed by atoms with Gasteiger partial charge in [0.2, 0.25) is 0 Å². The van der Waals surface area contributed by atoms with Crippen molar-refractivity contribution in [3.05, 3.63) is 96.1 Å². The van der Waals surface area contributed by atoms with Crippen molar-refractivity contribution in [2.45, 2.75) is 19.5 Å². The van der Waals surface area contributed by atoms with Crippen LogP contribution < -0.4 is 9.13 Å². The van der Waals surface area contributed by atoms with Crippen molar-refractivity contribution >= 4 is 18.0 Å². The maximum absolute atomic E-state index is 12.3. The fourth-order valence-electron chi connectivity index (χ4n) is 3.27. The van der Waals surface area contributed by atoms with Crippen LogP contribution in [0, 0.1) is 0 Å². The number of aryl methyl sites for hydroxylation is 2. The number of hydrogen-bond acceptors (Lipinski definition) is 4. The lowest BCUT2D eigenvalue weighted by atomic mass is 10.1. The average Bonchev–Trinajstić information content (AvgIpc) is 3.03. The minimum absolute atomic E-state index is 0.215. The van der Waals surface area contributed by atoms with Crippen LogP contribution in [0.25, 0.3) is 0 Å². The zero-order valence-corrected chi connectivity index (χ0v) is 16.4. The zero-order chi connectivity index (χ0) is 20.8. The number of rotatable bonds is 8. The molecule has 1 aliphatic heterocycles. The molecule has 0 saturated heterocycles. The molecule has 0 N–H and O–H groups in total. The van der Waals surface area contributed by atoms with E-state index in [1.807, 2.05) is 42.7 Å². The second-order valence-electron chi connectivity index (χ2n) is 6.91. The Labute approximate surface area is 174 Å². The van der Waals surface area contributed by atoms with Gasteiger partial charge in [-0.2, -0.15) is 0 Å². The van der Waals surface area contributed by atoms with Gasteiger partial charge in [0.25, 0.3) is 11.8 Å². The first-order valence-corrected chi connectivity index (χ1v) is 9.76. The molecule has 7 heteroatoms. The Bertz CT molecular complexity index is 1030. The van der Waals surface area contributed by atoms with Gasteiger partial charge < -0.3 is 4.84 Å². The van der Waals surface area contributed by atoms with E-state index in [-0.39, 0.29) is 18.5 Å². The van der Waals surface area contributed by atoms with Gasteiger partial charge in [-0.15, -0.1) is 0 Å². The van der Waals surface area contributed by atoms with Crippen molar-refractivity contribution in [3.8, 4) is 0 Å². The van der Waals surface area contributed by atoms with Crippen LogP contribution in [-0.4, -0.2) is 29.7 Å². The van der Waals surface area contributed by atoms with E-state index in [2.05, 4.69) is 26.7 Å². The van der Waals surface area contributed by atoms with Crippen molar-refractivity contribution in [1.82, 2.24) is 4.90 Å². The largest absolute Gasteiger partial charge is 0.373 e. The van der Waals surface area contributed by atoms with Gasteiger partial charge in [-0.3, -0.25) is 9.59 Å². The molecule has 3 aromatic rings. The summed E-state index contributed by atoms with van der Waals surface area (Å²) in [6.07, 6.45) is 10.7. The number of carbonyl (C=O) groups excluding carboxylic acids is 2. The number of hydrogen-bond donors (Lipinski definition) is 0. The summed E-state index contributed by atoms with van der Waals surface area (Å²) in [6, 6.07) is 16.7. The number of amides is 2. The summed E-state index contributed by atoms with van der Waals surface area (Å²) >= 11 is 0. The van der Waals surface area contributed by atoms with Crippen molar-refractivity contribution in [1.29, 1.82) is 0 Å². The van der Waals surface area contributed by atoms with Gasteiger partial charge in [-0.1, -0.05) is 23.4 Å². The monoisotopic (exact) mass is 402 g/mol. The van der Waals surface area contributed by atoms with E-state index in [0.717, 1.165) is 30.0 Å². The maximum Gasteiger partial charge on any atom is 0.264 e. The predicted molar refractivity (Wildman–Crippen MR) is 108 cm³/mol. The molecule has 0 unspecified atom stereocenters. The Morgan fingerprint density at radius 1 is 0.800 bits per heavy atom. The molecule has 0 radical (unpaired) electrons. The Balaban J connectivity index is 1.24. The van der Waals surface area contributed by atoms with Gasteiger partial charge in [0.05, 0.1) is 23.8 Å². The van der Waals surface area contributed by atoms with Crippen molar-refractivity contribution in [2.24, 2.45) is 5.16 Å². The first-order valence-electron chi connectivity index (χ1n) is 9.76. The molecule has 0 atom stereocenters. The van der Waals surface area contributed by atoms with Crippen LogP contribution in [0.1, 0.15) is 32.7 Å². The fourth-order valence-corrected chi connectivity index (χ4v) is 3.27. The molecule has 1 aliphatic rings. The first-order chi connectivity index (χ1) is 14.7. The summed E-state index contributed by atoms with van der Waals surface area (Å²) in [6.45, 7) is 1.66. The van der Waals surface area contributed by atoms with Crippen LogP contribution in [0.5, 0.6) is 0 Å².